The van der Waals surface area contributed by atoms with Crippen molar-refractivity contribution in [3.8, 4) is 0 Å². The summed E-state index contributed by atoms with van der Waals surface area (Å²) in [6.45, 7) is 3.18. The number of sulfone groups is 1. The Bertz CT molecular complexity index is 782. The first-order chi connectivity index (χ1) is 13.9. The highest BCUT2D eigenvalue weighted by atomic mass is 32.2. The molecule has 2 fully saturated rings. The maximum absolute atomic E-state index is 13.4. The van der Waals surface area contributed by atoms with Crippen molar-refractivity contribution in [3.63, 3.8) is 0 Å². The lowest BCUT2D eigenvalue weighted by Gasteiger charge is -2.39. The van der Waals surface area contributed by atoms with E-state index in [-0.39, 0.29) is 17.9 Å². The van der Waals surface area contributed by atoms with E-state index in [1.807, 2.05) is 6.07 Å². The number of nitrogens with two attached hydrogens (primary N) is 1. The number of rotatable bonds is 7. The number of amides is 1. The molecule has 1 aromatic carbocycles. The molecule has 29 heavy (non-hydrogen) atoms. The Morgan fingerprint density at radius 2 is 1.83 bits per heavy atom. The molecule has 0 unspecified atom stereocenters. The first-order valence-corrected chi connectivity index (χ1v) is 12.8. The summed E-state index contributed by atoms with van der Waals surface area (Å²) >= 11 is 0. The van der Waals surface area contributed by atoms with Crippen molar-refractivity contribution in [2.75, 3.05) is 32.4 Å². The predicted molar refractivity (Wildman–Crippen MR) is 115 cm³/mol. The standard InChI is InChI=1S/C22H35N3O3S/c1-29(27,28)21-4-2-3-17(15-21)11-14-25(20-7-5-18(16-23)6-8-20)22(26)19-9-12-24-13-10-19/h2-4,15,18-20,24H,5-14,16,23H2,1H3/t18-,20+. The van der Waals surface area contributed by atoms with Crippen LogP contribution in [0.2, 0.25) is 0 Å². The topological polar surface area (TPSA) is 92.5 Å². The molecule has 0 aromatic heterocycles. The first-order valence-electron chi connectivity index (χ1n) is 10.9. The minimum atomic E-state index is -3.23. The Hall–Kier alpha value is -1.44. The quantitative estimate of drug-likeness (QED) is 0.702. The molecule has 1 aliphatic carbocycles. The summed E-state index contributed by atoms with van der Waals surface area (Å²) in [6.07, 6.45) is 7.91. The van der Waals surface area contributed by atoms with Crippen molar-refractivity contribution in [3.05, 3.63) is 29.8 Å². The average molecular weight is 422 g/mol. The van der Waals surface area contributed by atoms with Crippen LogP contribution in [-0.4, -0.2) is 57.7 Å². The van der Waals surface area contributed by atoms with Crippen LogP contribution in [0.5, 0.6) is 0 Å². The molecule has 1 amide bonds. The van der Waals surface area contributed by atoms with Crippen molar-refractivity contribution in [1.82, 2.24) is 10.2 Å². The van der Waals surface area contributed by atoms with Crippen molar-refractivity contribution in [2.24, 2.45) is 17.6 Å². The molecular weight excluding hydrogens is 386 g/mol. The lowest BCUT2D eigenvalue weighted by Crippen LogP contribution is -2.48. The molecule has 0 spiro atoms. The van der Waals surface area contributed by atoms with Gasteiger partial charge in [0.15, 0.2) is 9.84 Å². The van der Waals surface area contributed by atoms with Crippen LogP contribution in [0.25, 0.3) is 0 Å². The van der Waals surface area contributed by atoms with Gasteiger partial charge in [0.25, 0.3) is 0 Å². The molecule has 7 heteroatoms. The molecule has 0 bridgehead atoms. The first kappa shape index (κ1) is 22.2. The zero-order valence-corrected chi connectivity index (χ0v) is 18.3. The highest BCUT2D eigenvalue weighted by Crippen LogP contribution is 2.29. The fourth-order valence-electron chi connectivity index (χ4n) is 4.65. The average Bonchev–Trinajstić information content (AvgIpc) is 2.74. The van der Waals surface area contributed by atoms with Crippen LogP contribution < -0.4 is 11.1 Å². The second-order valence-electron chi connectivity index (χ2n) is 8.64. The fourth-order valence-corrected chi connectivity index (χ4v) is 5.34. The summed E-state index contributed by atoms with van der Waals surface area (Å²) in [5.74, 6) is 0.960. The van der Waals surface area contributed by atoms with Gasteiger partial charge in [-0.15, -0.1) is 0 Å². The van der Waals surface area contributed by atoms with Crippen LogP contribution in [0.4, 0.5) is 0 Å². The summed E-state index contributed by atoms with van der Waals surface area (Å²) in [6, 6.07) is 7.39. The summed E-state index contributed by atoms with van der Waals surface area (Å²) in [5, 5.41) is 3.34. The Labute approximate surface area is 175 Å². The lowest BCUT2D eigenvalue weighted by atomic mass is 9.84. The van der Waals surface area contributed by atoms with E-state index in [0.29, 0.717) is 23.8 Å². The number of carbonyl (C=O) groups is 1. The molecule has 162 valence electrons. The molecule has 1 saturated carbocycles. The van der Waals surface area contributed by atoms with Crippen LogP contribution in [0.15, 0.2) is 29.2 Å². The Morgan fingerprint density at radius 1 is 1.14 bits per heavy atom. The fraction of sp³-hybridized carbons (Fsp3) is 0.682. The van der Waals surface area contributed by atoms with E-state index in [4.69, 9.17) is 5.73 Å². The molecule has 1 aliphatic heterocycles. The van der Waals surface area contributed by atoms with Crippen LogP contribution >= 0.6 is 0 Å². The third-order valence-corrected chi connectivity index (χ3v) is 7.64. The summed E-state index contributed by atoms with van der Waals surface area (Å²) in [7, 11) is -3.23. The van der Waals surface area contributed by atoms with Gasteiger partial charge in [0, 0.05) is 24.8 Å². The second-order valence-corrected chi connectivity index (χ2v) is 10.7. The number of piperidine rings is 1. The second kappa shape index (κ2) is 10.0. The molecule has 1 saturated heterocycles. The number of benzene rings is 1. The Morgan fingerprint density at radius 3 is 2.45 bits per heavy atom. The van der Waals surface area contributed by atoms with Crippen LogP contribution in [0, 0.1) is 11.8 Å². The van der Waals surface area contributed by atoms with Gasteiger partial charge in [-0.25, -0.2) is 8.42 Å². The van der Waals surface area contributed by atoms with Gasteiger partial charge in [-0.2, -0.15) is 0 Å². The van der Waals surface area contributed by atoms with Gasteiger partial charge in [-0.1, -0.05) is 12.1 Å². The van der Waals surface area contributed by atoms with Crippen LogP contribution in [0.3, 0.4) is 0 Å². The van der Waals surface area contributed by atoms with Gasteiger partial charge in [-0.05, 0) is 88.2 Å². The molecule has 0 atom stereocenters. The maximum Gasteiger partial charge on any atom is 0.226 e. The number of nitrogens with one attached hydrogen (secondary N) is 1. The number of nitrogens with zero attached hydrogens (tertiary/aromatic N) is 1. The number of carbonyl (C=O) groups excluding carboxylic acids is 1. The zero-order valence-electron chi connectivity index (χ0n) is 17.5. The molecule has 6 nitrogen and oxygen atoms in total. The number of hydrogen-bond acceptors (Lipinski definition) is 5. The van der Waals surface area contributed by atoms with E-state index in [9.17, 15) is 13.2 Å². The third kappa shape index (κ3) is 6.03. The Balaban J connectivity index is 1.72. The highest BCUT2D eigenvalue weighted by Gasteiger charge is 2.32. The van der Waals surface area contributed by atoms with Gasteiger partial charge >= 0.3 is 0 Å². The van der Waals surface area contributed by atoms with Crippen molar-refractivity contribution >= 4 is 15.7 Å². The predicted octanol–water partition coefficient (Wildman–Crippen LogP) is 1.98. The maximum atomic E-state index is 13.4. The smallest absolute Gasteiger partial charge is 0.226 e. The van der Waals surface area contributed by atoms with E-state index >= 15 is 0 Å². The summed E-state index contributed by atoms with van der Waals surface area (Å²) in [5.41, 5.74) is 6.81. The molecule has 0 radical (unpaired) electrons. The van der Waals surface area contributed by atoms with Crippen LogP contribution in [-0.2, 0) is 21.1 Å². The summed E-state index contributed by atoms with van der Waals surface area (Å²) in [4.78, 5) is 15.8. The molecule has 1 aromatic rings. The van der Waals surface area contributed by atoms with Crippen molar-refractivity contribution in [1.29, 1.82) is 0 Å². The van der Waals surface area contributed by atoms with Gasteiger partial charge in [0.05, 0.1) is 4.90 Å². The van der Waals surface area contributed by atoms with Crippen molar-refractivity contribution in [2.45, 2.75) is 55.9 Å². The van der Waals surface area contributed by atoms with Gasteiger partial charge in [0.1, 0.15) is 0 Å². The lowest BCUT2D eigenvalue weighted by molar-refractivity contribution is -0.139. The van der Waals surface area contributed by atoms with E-state index in [0.717, 1.165) is 63.7 Å². The zero-order chi connectivity index (χ0) is 20.9. The third-order valence-electron chi connectivity index (χ3n) is 6.53. The molecule has 3 rings (SSSR count). The number of hydrogen-bond donors (Lipinski definition) is 2. The van der Waals surface area contributed by atoms with Gasteiger partial charge < -0.3 is 16.0 Å². The minimum Gasteiger partial charge on any atom is -0.339 e. The molecule has 3 N–H and O–H groups in total. The normalized spacial score (nSPS) is 23.7. The SMILES string of the molecule is CS(=O)(=O)c1cccc(CCN(C(=O)C2CCNCC2)[C@H]2CC[C@@H](CN)CC2)c1. The largest absolute Gasteiger partial charge is 0.339 e. The molecule has 1 heterocycles. The Kier molecular flexibility index (Phi) is 7.71. The van der Waals surface area contributed by atoms with E-state index in [1.165, 1.54) is 6.26 Å². The van der Waals surface area contributed by atoms with E-state index in [1.54, 1.807) is 18.2 Å². The monoisotopic (exact) mass is 421 g/mol. The van der Waals surface area contributed by atoms with E-state index in [2.05, 4.69) is 10.2 Å². The molecule has 2 aliphatic rings. The van der Waals surface area contributed by atoms with Gasteiger partial charge in [0.2, 0.25) is 5.91 Å². The van der Waals surface area contributed by atoms with Gasteiger partial charge in [-0.3, -0.25) is 4.79 Å². The minimum absolute atomic E-state index is 0.103. The van der Waals surface area contributed by atoms with E-state index < -0.39 is 9.84 Å². The van der Waals surface area contributed by atoms with Crippen LogP contribution in [0.1, 0.15) is 44.1 Å². The summed E-state index contributed by atoms with van der Waals surface area (Å²) < 4.78 is 23.7. The molecular formula is C22H35N3O3S. The highest BCUT2D eigenvalue weighted by molar-refractivity contribution is 7.90. The van der Waals surface area contributed by atoms with Crippen molar-refractivity contribution < 1.29 is 13.2 Å².